The first kappa shape index (κ1) is 13.8. The lowest BCUT2D eigenvalue weighted by molar-refractivity contribution is -0.139. The summed E-state index contributed by atoms with van der Waals surface area (Å²) in [5, 5.41) is 0. The molecule has 2 atom stereocenters. The van der Waals surface area contributed by atoms with E-state index < -0.39 is 0 Å². The third-order valence-electron chi connectivity index (χ3n) is 3.50. The SMILES string of the molecule is COc1cccc(C2C(N)CCC(=O)N2C(C)C)n1. The maximum atomic E-state index is 12.1. The number of rotatable bonds is 3. The lowest BCUT2D eigenvalue weighted by Crippen LogP contribution is -2.51. The second kappa shape index (κ2) is 5.57. The number of methoxy groups -OCH3 is 1. The second-order valence-electron chi connectivity index (χ2n) is 5.15. The Hall–Kier alpha value is -1.62. The molecule has 0 saturated carbocycles. The topological polar surface area (TPSA) is 68.5 Å². The Kier molecular flexibility index (Phi) is 4.04. The van der Waals surface area contributed by atoms with Gasteiger partial charge in [0, 0.05) is 24.6 Å². The lowest BCUT2D eigenvalue weighted by Gasteiger charge is -2.41. The molecule has 1 aliphatic rings. The van der Waals surface area contributed by atoms with Gasteiger partial charge in [-0.05, 0) is 26.3 Å². The fourth-order valence-electron chi connectivity index (χ4n) is 2.62. The van der Waals surface area contributed by atoms with Crippen molar-refractivity contribution in [1.29, 1.82) is 0 Å². The van der Waals surface area contributed by atoms with Crippen LogP contribution in [0.1, 0.15) is 38.4 Å². The molecule has 5 nitrogen and oxygen atoms in total. The Labute approximate surface area is 113 Å². The zero-order chi connectivity index (χ0) is 14.0. The van der Waals surface area contributed by atoms with Gasteiger partial charge in [0.25, 0.3) is 0 Å². The fourth-order valence-corrected chi connectivity index (χ4v) is 2.62. The number of likely N-dealkylation sites (tertiary alicyclic amines) is 1. The van der Waals surface area contributed by atoms with E-state index in [9.17, 15) is 4.79 Å². The van der Waals surface area contributed by atoms with E-state index in [1.54, 1.807) is 13.2 Å². The standard InChI is InChI=1S/C14H21N3O2/c1-9(2)17-13(18)8-7-10(15)14(17)11-5-4-6-12(16-11)19-3/h4-6,9-10,14H,7-8,15H2,1-3H3. The van der Waals surface area contributed by atoms with Crippen molar-refractivity contribution in [3.63, 3.8) is 0 Å². The Morgan fingerprint density at radius 2 is 2.21 bits per heavy atom. The van der Waals surface area contributed by atoms with Crippen molar-refractivity contribution in [3.05, 3.63) is 23.9 Å². The highest BCUT2D eigenvalue weighted by molar-refractivity contribution is 5.78. The summed E-state index contributed by atoms with van der Waals surface area (Å²) in [5.41, 5.74) is 7.02. The number of ether oxygens (including phenoxy) is 1. The van der Waals surface area contributed by atoms with Crippen molar-refractivity contribution in [1.82, 2.24) is 9.88 Å². The Morgan fingerprint density at radius 1 is 1.47 bits per heavy atom. The van der Waals surface area contributed by atoms with Gasteiger partial charge in [-0.3, -0.25) is 4.79 Å². The molecule has 1 aromatic heterocycles. The molecule has 2 heterocycles. The third-order valence-corrected chi connectivity index (χ3v) is 3.50. The van der Waals surface area contributed by atoms with Crippen LogP contribution in [0.5, 0.6) is 5.88 Å². The molecular weight excluding hydrogens is 242 g/mol. The third kappa shape index (κ3) is 2.71. The predicted octanol–water partition coefficient (Wildman–Crippen LogP) is 1.49. The predicted molar refractivity (Wildman–Crippen MR) is 72.7 cm³/mol. The quantitative estimate of drug-likeness (QED) is 0.897. The molecule has 2 unspecified atom stereocenters. The monoisotopic (exact) mass is 263 g/mol. The van der Waals surface area contributed by atoms with Crippen molar-refractivity contribution in [2.75, 3.05) is 7.11 Å². The number of nitrogens with two attached hydrogens (primary N) is 1. The number of amides is 1. The highest BCUT2D eigenvalue weighted by Crippen LogP contribution is 2.32. The summed E-state index contributed by atoms with van der Waals surface area (Å²) in [7, 11) is 1.58. The summed E-state index contributed by atoms with van der Waals surface area (Å²) in [5.74, 6) is 0.692. The summed E-state index contributed by atoms with van der Waals surface area (Å²) < 4.78 is 5.15. The highest BCUT2D eigenvalue weighted by Gasteiger charge is 2.37. The minimum Gasteiger partial charge on any atom is -0.481 e. The van der Waals surface area contributed by atoms with E-state index in [1.165, 1.54) is 0 Å². The molecule has 2 rings (SSSR count). The number of pyridine rings is 1. The molecule has 0 bridgehead atoms. The summed E-state index contributed by atoms with van der Waals surface area (Å²) >= 11 is 0. The number of hydrogen-bond donors (Lipinski definition) is 1. The van der Waals surface area contributed by atoms with Crippen LogP contribution in [-0.4, -0.2) is 35.0 Å². The number of aromatic nitrogens is 1. The molecule has 5 heteroatoms. The first-order chi connectivity index (χ1) is 9.04. The van der Waals surface area contributed by atoms with Crippen molar-refractivity contribution in [2.45, 2.75) is 44.8 Å². The minimum absolute atomic E-state index is 0.0836. The van der Waals surface area contributed by atoms with Gasteiger partial charge >= 0.3 is 0 Å². The van der Waals surface area contributed by atoms with Gasteiger partial charge in [0.15, 0.2) is 0 Å². The zero-order valence-corrected chi connectivity index (χ0v) is 11.7. The molecule has 0 radical (unpaired) electrons. The first-order valence-corrected chi connectivity index (χ1v) is 6.62. The summed E-state index contributed by atoms with van der Waals surface area (Å²) in [6.07, 6.45) is 1.21. The maximum absolute atomic E-state index is 12.1. The van der Waals surface area contributed by atoms with Crippen molar-refractivity contribution < 1.29 is 9.53 Å². The van der Waals surface area contributed by atoms with Crippen LogP contribution in [0.3, 0.4) is 0 Å². The molecule has 1 fully saturated rings. The molecular formula is C14H21N3O2. The smallest absolute Gasteiger partial charge is 0.223 e. The number of carbonyl (C=O) groups is 1. The number of piperidine rings is 1. The average molecular weight is 263 g/mol. The summed E-state index contributed by atoms with van der Waals surface area (Å²) in [4.78, 5) is 18.4. The van der Waals surface area contributed by atoms with Gasteiger partial charge in [-0.2, -0.15) is 0 Å². The molecule has 1 saturated heterocycles. The van der Waals surface area contributed by atoms with Crippen molar-refractivity contribution in [3.8, 4) is 5.88 Å². The Balaban J connectivity index is 2.39. The molecule has 1 aliphatic heterocycles. The van der Waals surface area contributed by atoms with Crippen LogP contribution in [-0.2, 0) is 4.79 Å². The first-order valence-electron chi connectivity index (χ1n) is 6.62. The Bertz CT molecular complexity index is 462. The number of hydrogen-bond acceptors (Lipinski definition) is 4. The molecule has 0 spiro atoms. The molecule has 0 aliphatic carbocycles. The normalized spacial score (nSPS) is 23.8. The van der Waals surface area contributed by atoms with E-state index in [1.807, 2.05) is 30.9 Å². The molecule has 1 aromatic rings. The van der Waals surface area contributed by atoms with E-state index in [-0.39, 0.29) is 24.0 Å². The molecule has 1 amide bonds. The van der Waals surface area contributed by atoms with E-state index in [2.05, 4.69) is 4.98 Å². The van der Waals surface area contributed by atoms with Gasteiger partial charge in [0.1, 0.15) is 0 Å². The molecule has 0 aromatic carbocycles. The van der Waals surface area contributed by atoms with Gasteiger partial charge in [0.2, 0.25) is 11.8 Å². The van der Waals surface area contributed by atoms with E-state index >= 15 is 0 Å². The van der Waals surface area contributed by atoms with Crippen LogP contribution in [0, 0.1) is 0 Å². The van der Waals surface area contributed by atoms with E-state index in [4.69, 9.17) is 10.5 Å². The van der Waals surface area contributed by atoms with Crippen LogP contribution >= 0.6 is 0 Å². The van der Waals surface area contributed by atoms with Crippen molar-refractivity contribution >= 4 is 5.91 Å². The molecule has 2 N–H and O–H groups in total. The van der Waals surface area contributed by atoms with Crippen LogP contribution in [0.15, 0.2) is 18.2 Å². The summed E-state index contributed by atoms with van der Waals surface area (Å²) in [6.45, 7) is 4.01. The summed E-state index contributed by atoms with van der Waals surface area (Å²) in [6, 6.07) is 5.43. The van der Waals surface area contributed by atoms with Crippen LogP contribution in [0.25, 0.3) is 0 Å². The van der Waals surface area contributed by atoms with Gasteiger partial charge in [-0.1, -0.05) is 6.07 Å². The minimum atomic E-state index is -0.170. The van der Waals surface area contributed by atoms with Gasteiger partial charge in [-0.15, -0.1) is 0 Å². The van der Waals surface area contributed by atoms with Gasteiger partial charge < -0.3 is 15.4 Å². The number of nitrogens with zero attached hydrogens (tertiary/aromatic N) is 2. The van der Waals surface area contributed by atoms with Crippen LogP contribution in [0.2, 0.25) is 0 Å². The van der Waals surface area contributed by atoms with Crippen LogP contribution in [0.4, 0.5) is 0 Å². The van der Waals surface area contributed by atoms with Gasteiger partial charge in [0.05, 0.1) is 18.8 Å². The fraction of sp³-hybridized carbons (Fsp3) is 0.571. The van der Waals surface area contributed by atoms with E-state index in [0.717, 1.165) is 5.69 Å². The highest BCUT2D eigenvalue weighted by atomic mass is 16.5. The van der Waals surface area contributed by atoms with Crippen LogP contribution < -0.4 is 10.5 Å². The van der Waals surface area contributed by atoms with Gasteiger partial charge in [-0.25, -0.2) is 4.98 Å². The largest absolute Gasteiger partial charge is 0.481 e. The molecule has 104 valence electrons. The van der Waals surface area contributed by atoms with Crippen molar-refractivity contribution in [2.24, 2.45) is 5.73 Å². The second-order valence-corrected chi connectivity index (χ2v) is 5.15. The number of carbonyl (C=O) groups excluding carboxylic acids is 1. The maximum Gasteiger partial charge on any atom is 0.223 e. The lowest BCUT2D eigenvalue weighted by atomic mass is 9.92. The van der Waals surface area contributed by atoms with E-state index in [0.29, 0.717) is 18.7 Å². The average Bonchev–Trinajstić information content (AvgIpc) is 2.40. The molecule has 19 heavy (non-hydrogen) atoms. The zero-order valence-electron chi connectivity index (χ0n) is 11.7. The Morgan fingerprint density at radius 3 is 2.84 bits per heavy atom.